The van der Waals surface area contributed by atoms with Gasteiger partial charge in [-0.2, -0.15) is 0 Å². The second-order valence-electron chi connectivity index (χ2n) is 9.68. The van der Waals surface area contributed by atoms with Gasteiger partial charge in [0.1, 0.15) is 11.5 Å². The molecule has 0 fully saturated rings. The second kappa shape index (κ2) is 7.47. The lowest BCUT2D eigenvalue weighted by Gasteiger charge is -2.20. The van der Waals surface area contributed by atoms with Gasteiger partial charge >= 0.3 is 0 Å². The number of para-hydroxylation sites is 1. The summed E-state index contributed by atoms with van der Waals surface area (Å²) in [6, 6.07) is 45.9. The second-order valence-corrected chi connectivity index (χ2v) is 9.68. The van der Waals surface area contributed by atoms with Crippen molar-refractivity contribution in [1.82, 2.24) is 0 Å². The molecule has 7 aromatic carbocycles. The van der Waals surface area contributed by atoms with Gasteiger partial charge in [-0.15, -0.1) is 0 Å². The van der Waals surface area contributed by atoms with Crippen LogP contribution in [-0.2, 0) is 0 Å². The summed E-state index contributed by atoms with van der Waals surface area (Å²) in [6.07, 6.45) is 0. The molecular formula is C34H21BO. The molecule has 0 amide bonds. The standard InChI is InChI=1S/C34H21BO/c1-3-9-22(10-4-1)26-18-16-24-21-29-34-31(20-17-23-15-19-27(26)32(24)33(23)34)36-30-14-8-7-13-28(30)35(29)25-11-5-2-6-12-25/h1-21H. The Morgan fingerprint density at radius 1 is 0.472 bits per heavy atom. The lowest BCUT2D eigenvalue weighted by atomic mass is 9.36. The summed E-state index contributed by atoms with van der Waals surface area (Å²) in [4.78, 5) is 0. The third-order valence-corrected chi connectivity index (χ3v) is 7.73. The SMILES string of the molecule is c1ccc(B2c3ccccc3Oc3ccc4ccc5c(-c6ccccc6)ccc6cc2c3c4c65)cc1. The predicted octanol–water partition coefficient (Wildman–Crippen LogP) is 6.87. The summed E-state index contributed by atoms with van der Waals surface area (Å²) in [7, 11) is 0. The van der Waals surface area contributed by atoms with Gasteiger partial charge in [0.2, 0.25) is 6.71 Å². The molecule has 0 saturated heterocycles. The minimum absolute atomic E-state index is 0.0893. The van der Waals surface area contributed by atoms with Crippen LogP contribution < -0.4 is 21.1 Å². The molecule has 0 radical (unpaired) electrons. The van der Waals surface area contributed by atoms with Crippen molar-refractivity contribution in [3.8, 4) is 22.6 Å². The van der Waals surface area contributed by atoms with E-state index >= 15 is 0 Å². The molecule has 0 unspecified atom stereocenters. The zero-order valence-electron chi connectivity index (χ0n) is 19.6. The van der Waals surface area contributed by atoms with Crippen molar-refractivity contribution in [3.05, 3.63) is 127 Å². The van der Waals surface area contributed by atoms with Crippen molar-refractivity contribution in [2.75, 3.05) is 0 Å². The van der Waals surface area contributed by atoms with Crippen LogP contribution in [0.2, 0.25) is 0 Å². The first kappa shape index (κ1) is 19.7. The molecule has 0 N–H and O–H groups in total. The minimum atomic E-state index is 0.0893. The van der Waals surface area contributed by atoms with E-state index in [4.69, 9.17) is 4.74 Å². The molecule has 0 saturated carbocycles. The highest BCUT2D eigenvalue weighted by Crippen LogP contribution is 2.43. The van der Waals surface area contributed by atoms with E-state index in [0.29, 0.717) is 0 Å². The highest BCUT2D eigenvalue weighted by Gasteiger charge is 2.32. The average molecular weight is 456 g/mol. The fourth-order valence-electron chi connectivity index (χ4n) is 6.20. The molecular weight excluding hydrogens is 435 g/mol. The van der Waals surface area contributed by atoms with E-state index in [9.17, 15) is 0 Å². The quantitative estimate of drug-likeness (QED) is 0.204. The lowest BCUT2D eigenvalue weighted by Crippen LogP contribution is -2.51. The molecule has 7 aromatic rings. The maximum Gasteiger partial charge on any atom is 0.247 e. The van der Waals surface area contributed by atoms with E-state index in [2.05, 4.69) is 127 Å². The molecule has 8 rings (SSSR count). The van der Waals surface area contributed by atoms with Gasteiger partial charge in [-0.3, -0.25) is 0 Å². The first-order chi connectivity index (χ1) is 17.9. The summed E-state index contributed by atoms with van der Waals surface area (Å²) in [5.41, 5.74) is 6.30. The Hall–Kier alpha value is -4.56. The summed E-state index contributed by atoms with van der Waals surface area (Å²) < 4.78 is 6.68. The topological polar surface area (TPSA) is 9.23 Å². The molecule has 1 aliphatic heterocycles. The van der Waals surface area contributed by atoms with Gasteiger partial charge in [-0.05, 0) is 50.3 Å². The zero-order valence-corrected chi connectivity index (χ0v) is 19.6. The van der Waals surface area contributed by atoms with E-state index in [1.165, 1.54) is 59.8 Å². The van der Waals surface area contributed by atoms with Crippen LogP contribution in [0.4, 0.5) is 0 Å². The van der Waals surface area contributed by atoms with E-state index in [0.717, 1.165) is 11.5 Å². The first-order valence-corrected chi connectivity index (χ1v) is 12.5. The third-order valence-electron chi connectivity index (χ3n) is 7.73. The van der Waals surface area contributed by atoms with Crippen LogP contribution in [0, 0.1) is 0 Å². The maximum atomic E-state index is 6.68. The largest absolute Gasteiger partial charge is 0.457 e. The van der Waals surface area contributed by atoms with Gasteiger partial charge in [0, 0.05) is 10.8 Å². The molecule has 1 nitrogen and oxygen atoms in total. The molecule has 1 heterocycles. The molecule has 36 heavy (non-hydrogen) atoms. The molecule has 0 aromatic heterocycles. The number of fused-ring (bicyclic) bond motifs is 1. The number of ether oxygens (including phenoxy) is 1. The van der Waals surface area contributed by atoms with Gasteiger partial charge in [-0.1, -0.05) is 126 Å². The van der Waals surface area contributed by atoms with Crippen molar-refractivity contribution in [1.29, 1.82) is 0 Å². The first-order valence-electron chi connectivity index (χ1n) is 12.5. The molecule has 0 spiro atoms. The fraction of sp³-hybridized carbons (Fsp3) is 0. The fourth-order valence-corrected chi connectivity index (χ4v) is 6.20. The van der Waals surface area contributed by atoms with Crippen molar-refractivity contribution >= 4 is 55.4 Å². The average Bonchev–Trinajstić information content (AvgIpc) is 3.08. The Balaban J connectivity index is 1.55. The predicted molar refractivity (Wildman–Crippen MR) is 153 cm³/mol. The van der Waals surface area contributed by atoms with Crippen LogP contribution in [0.1, 0.15) is 0 Å². The molecule has 2 heteroatoms. The Morgan fingerprint density at radius 2 is 1.19 bits per heavy atom. The van der Waals surface area contributed by atoms with Gasteiger partial charge in [0.25, 0.3) is 0 Å². The van der Waals surface area contributed by atoms with Crippen molar-refractivity contribution < 1.29 is 4.74 Å². The van der Waals surface area contributed by atoms with Crippen LogP contribution in [0.25, 0.3) is 43.4 Å². The number of hydrogen-bond donors (Lipinski definition) is 0. The maximum absolute atomic E-state index is 6.68. The summed E-state index contributed by atoms with van der Waals surface area (Å²) >= 11 is 0. The monoisotopic (exact) mass is 456 g/mol. The molecule has 0 bridgehead atoms. The van der Waals surface area contributed by atoms with E-state index in [1.807, 2.05) is 0 Å². The van der Waals surface area contributed by atoms with Gasteiger partial charge < -0.3 is 4.74 Å². The molecule has 1 aliphatic rings. The summed E-state index contributed by atoms with van der Waals surface area (Å²) in [5.74, 6) is 1.86. The van der Waals surface area contributed by atoms with Crippen LogP contribution in [0.3, 0.4) is 0 Å². The zero-order chi connectivity index (χ0) is 23.6. The van der Waals surface area contributed by atoms with E-state index in [-0.39, 0.29) is 6.71 Å². The molecule has 0 atom stereocenters. The normalized spacial score (nSPS) is 12.6. The number of benzene rings is 7. The highest BCUT2D eigenvalue weighted by molar-refractivity contribution is 6.97. The lowest BCUT2D eigenvalue weighted by molar-refractivity contribution is 0.493. The van der Waals surface area contributed by atoms with Gasteiger partial charge in [-0.25, -0.2) is 0 Å². The Labute approximate surface area is 210 Å². The van der Waals surface area contributed by atoms with Crippen molar-refractivity contribution in [2.24, 2.45) is 0 Å². The smallest absolute Gasteiger partial charge is 0.247 e. The van der Waals surface area contributed by atoms with Gasteiger partial charge in [0.05, 0.1) is 0 Å². The molecule has 166 valence electrons. The summed E-state index contributed by atoms with van der Waals surface area (Å²) in [5, 5.41) is 7.64. The van der Waals surface area contributed by atoms with Crippen molar-refractivity contribution in [3.63, 3.8) is 0 Å². The van der Waals surface area contributed by atoms with Crippen molar-refractivity contribution in [2.45, 2.75) is 0 Å². The van der Waals surface area contributed by atoms with Crippen LogP contribution in [0.15, 0.2) is 127 Å². The number of hydrogen-bond acceptors (Lipinski definition) is 1. The Morgan fingerprint density at radius 3 is 2.06 bits per heavy atom. The van der Waals surface area contributed by atoms with Crippen LogP contribution in [-0.4, -0.2) is 6.71 Å². The van der Waals surface area contributed by atoms with Crippen LogP contribution in [0.5, 0.6) is 11.5 Å². The highest BCUT2D eigenvalue weighted by atomic mass is 16.5. The van der Waals surface area contributed by atoms with E-state index < -0.39 is 0 Å². The Kier molecular flexibility index (Phi) is 4.09. The minimum Gasteiger partial charge on any atom is -0.457 e. The van der Waals surface area contributed by atoms with Crippen LogP contribution >= 0.6 is 0 Å². The van der Waals surface area contributed by atoms with Gasteiger partial charge in [0.15, 0.2) is 0 Å². The molecule has 0 aliphatic carbocycles. The summed E-state index contributed by atoms with van der Waals surface area (Å²) in [6.45, 7) is 0.0893. The third kappa shape index (κ3) is 2.73. The Bertz CT molecular complexity index is 1910. The van der Waals surface area contributed by atoms with E-state index in [1.54, 1.807) is 0 Å². The number of rotatable bonds is 2.